The molecule has 214 valence electrons. The molecule has 8 nitrogen and oxygen atoms in total. The zero-order valence-electron chi connectivity index (χ0n) is 23.4. The molecule has 1 spiro atoms. The number of carbonyl (C=O) groups excluding carboxylic acids is 2. The second-order valence-electron chi connectivity index (χ2n) is 12.4. The lowest BCUT2D eigenvalue weighted by atomic mass is 9.66. The van der Waals surface area contributed by atoms with E-state index < -0.39 is 0 Å². The second kappa shape index (κ2) is 10.9. The molecule has 2 aromatic carbocycles. The smallest absolute Gasteiger partial charge is 0.253 e. The van der Waals surface area contributed by atoms with E-state index in [1.165, 1.54) is 31.2 Å². The lowest BCUT2D eigenvalue weighted by molar-refractivity contribution is 0.0225. The van der Waals surface area contributed by atoms with E-state index in [1.54, 1.807) is 18.5 Å². The van der Waals surface area contributed by atoms with Crippen LogP contribution >= 0.6 is 11.6 Å². The van der Waals surface area contributed by atoms with Crippen molar-refractivity contribution in [1.29, 1.82) is 0 Å². The normalized spacial score (nSPS) is 22.4. The molecule has 41 heavy (non-hydrogen) atoms. The van der Waals surface area contributed by atoms with Crippen molar-refractivity contribution in [3.05, 3.63) is 81.9 Å². The van der Waals surface area contributed by atoms with Gasteiger partial charge >= 0.3 is 0 Å². The molecule has 2 fully saturated rings. The van der Waals surface area contributed by atoms with Gasteiger partial charge in [0.25, 0.3) is 11.8 Å². The Labute approximate surface area is 246 Å². The average Bonchev–Trinajstić information content (AvgIpc) is 3.64. The van der Waals surface area contributed by atoms with E-state index in [-0.39, 0.29) is 17.9 Å². The van der Waals surface area contributed by atoms with Crippen LogP contribution in [0.2, 0.25) is 5.02 Å². The third-order valence-corrected chi connectivity index (χ3v) is 10.5. The maximum absolute atomic E-state index is 13.6. The third-order valence-electron chi connectivity index (χ3n) is 10.2. The molecular weight excluding hydrogens is 536 g/mol. The number of halogens is 1. The standard InChI is InChI=1S/C32H37ClN6O2/c33-27-4-2-1-3-25(27)30(40)36-28-8-7-22-5-6-23(19-26(22)28)31(41)37-15-13-32(14-16-37)11-9-24(10-12-32)38-17-18-39-29(20-38)34-21-35-39/h1-6,19,21,24,28H,7-18,20H2,(H,36,40)/t28-/m1/s1. The van der Waals surface area contributed by atoms with Gasteiger partial charge in [-0.1, -0.05) is 29.8 Å². The van der Waals surface area contributed by atoms with Gasteiger partial charge in [0.05, 0.1) is 29.7 Å². The number of rotatable bonds is 4. The van der Waals surface area contributed by atoms with E-state index in [0.29, 0.717) is 22.0 Å². The Morgan fingerprint density at radius 1 is 0.951 bits per heavy atom. The molecule has 1 saturated carbocycles. The fourth-order valence-corrected chi connectivity index (χ4v) is 7.83. The molecule has 2 aliphatic carbocycles. The van der Waals surface area contributed by atoms with Gasteiger partial charge in [-0.05, 0) is 92.2 Å². The monoisotopic (exact) mass is 572 g/mol. The van der Waals surface area contributed by atoms with Crippen LogP contribution in [0.1, 0.15) is 88.7 Å². The number of fused-ring (bicyclic) bond motifs is 2. The highest BCUT2D eigenvalue weighted by Gasteiger charge is 2.41. The van der Waals surface area contributed by atoms with E-state index in [4.69, 9.17) is 11.6 Å². The van der Waals surface area contributed by atoms with E-state index in [2.05, 4.69) is 26.4 Å². The highest BCUT2D eigenvalue weighted by atomic mass is 35.5. The molecule has 1 N–H and O–H groups in total. The van der Waals surface area contributed by atoms with Gasteiger partial charge < -0.3 is 10.2 Å². The van der Waals surface area contributed by atoms with Gasteiger partial charge in [0.2, 0.25) is 0 Å². The molecule has 1 saturated heterocycles. The first kappa shape index (κ1) is 26.7. The SMILES string of the molecule is O=C(N[C@@H]1CCc2ccc(C(=O)N3CCC4(CCC(N5CCn6ncnc6C5)CC4)CC3)cc21)c1ccccc1Cl. The lowest BCUT2D eigenvalue weighted by Crippen LogP contribution is -2.48. The molecule has 1 atom stereocenters. The Balaban J connectivity index is 0.952. The quantitative estimate of drug-likeness (QED) is 0.474. The molecular formula is C32H37ClN6O2. The fraction of sp³-hybridized carbons (Fsp3) is 0.500. The minimum atomic E-state index is -0.176. The summed E-state index contributed by atoms with van der Waals surface area (Å²) in [7, 11) is 0. The number of nitrogens with zero attached hydrogens (tertiary/aromatic N) is 5. The Morgan fingerprint density at radius 2 is 1.76 bits per heavy atom. The fourth-order valence-electron chi connectivity index (χ4n) is 7.61. The van der Waals surface area contributed by atoms with Crippen LogP contribution in [0.4, 0.5) is 0 Å². The largest absolute Gasteiger partial charge is 0.345 e. The molecule has 0 radical (unpaired) electrons. The average molecular weight is 573 g/mol. The summed E-state index contributed by atoms with van der Waals surface area (Å²) in [5.74, 6) is 1.02. The Morgan fingerprint density at radius 3 is 2.56 bits per heavy atom. The Kier molecular flexibility index (Phi) is 7.07. The van der Waals surface area contributed by atoms with Crippen LogP contribution in [0, 0.1) is 5.41 Å². The molecule has 7 rings (SSSR count). The highest BCUT2D eigenvalue weighted by Crippen LogP contribution is 2.46. The number of hydrogen-bond donors (Lipinski definition) is 1. The van der Waals surface area contributed by atoms with E-state index in [9.17, 15) is 9.59 Å². The number of likely N-dealkylation sites (tertiary alicyclic amines) is 1. The van der Waals surface area contributed by atoms with Crippen LogP contribution in [0.3, 0.4) is 0 Å². The first-order valence-electron chi connectivity index (χ1n) is 15.1. The highest BCUT2D eigenvalue weighted by molar-refractivity contribution is 6.33. The lowest BCUT2D eigenvalue weighted by Gasteiger charge is -2.48. The van der Waals surface area contributed by atoms with Crippen LogP contribution < -0.4 is 5.32 Å². The summed E-state index contributed by atoms with van der Waals surface area (Å²) in [5.41, 5.74) is 3.83. The summed E-state index contributed by atoms with van der Waals surface area (Å²) in [6, 6.07) is 13.7. The summed E-state index contributed by atoms with van der Waals surface area (Å²) in [4.78, 5) is 35.6. The summed E-state index contributed by atoms with van der Waals surface area (Å²) in [6.45, 7) is 4.54. The van der Waals surface area contributed by atoms with Crippen molar-refractivity contribution < 1.29 is 9.59 Å². The third kappa shape index (κ3) is 5.17. The maximum atomic E-state index is 13.6. The zero-order chi connectivity index (χ0) is 28.0. The van der Waals surface area contributed by atoms with Gasteiger partial charge in [0, 0.05) is 31.2 Å². The molecule has 2 aliphatic heterocycles. The number of aryl methyl sites for hydroxylation is 1. The number of hydrogen-bond acceptors (Lipinski definition) is 5. The molecule has 4 aliphatic rings. The van der Waals surface area contributed by atoms with Crippen molar-refractivity contribution in [3.8, 4) is 0 Å². The topological polar surface area (TPSA) is 83.4 Å². The van der Waals surface area contributed by atoms with Crippen molar-refractivity contribution in [2.45, 2.75) is 76.5 Å². The number of nitrogens with one attached hydrogen (secondary N) is 1. The molecule has 0 unspecified atom stereocenters. The Hall–Kier alpha value is -3.23. The summed E-state index contributed by atoms with van der Waals surface area (Å²) < 4.78 is 2.03. The van der Waals surface area contributed by atoms with Crippen molar-refractivity contribution in [3.63, 3.8) is 0 Å². The minimum Gasteiger partial charge on any atom is -0.345 e. The van der Waals surface area contributed by atoms with Gasteiger partial charge in [-0.2, -0.15) is 5.10 Å². The predicted molar refractivity (Wildman–Crippen MR) is 157 cm³/mol. The van der Waals surface area contributed by atoms with E-state index >= 15 is 0 Å². The molecule has 1 aromatic heterocycles. The first-order valence-corrected chi connectivity index (χ1v) is 15.4. The van der Waals surface area contributed by atoms with Crippen molar-refractivity contribution in [2.24, 2.45) is 5.41 Å². The molecule has 0 bridgehead atoms. The number of aromatic nitrogens is 3. The minimum absolute atomic E-state index is 0.108. The predicted octanol–water partition coefficient (Wildman–Crippen LogP) is 5.03. The number of amides is 2. The zero-order valence-corrected chi connectivity index (χ0v) is 24.2. The van der Waals surface area contributed by atoms with E-state index in [1.807, 2.05) is 33.8 Å². The van der Waals surface area contributed by atoms with Crippen LogP contribution in [-0.4, -0.2) is 62.1 Å². The van der Waals surface area contributed by atoms with E-state index in [0.717, 1.165) is 75.4 Å². The number of benzene rings is 2. The van der Waals surface area contributed by atoms with Gasteiger partial charge in [-0.25, -0.2) is 9.67 Å². The summed E-state index contributed by atoms with van der Waals surface area (Å²) in [6.07, 6.45) is 10.5. The first-order chi connectivity index (χ1) is 20.0. The summed E-state index contributed by atoms with van der Waals surface area (Å²) in [5, 5.41) is 7.91. The van der Waals surface area contributed by atoms with Crippen LogP contribution in [-0.2, 0) is 19.5 Å². The van der Waals surface area contributed by atoms with Crippen LogP contribution in [0.25, 0.3) is 0 Å². The molecule has 3 aromatic rings. The maximum Gasteiger partial charge on any atom is 0.253 e. The molecule has 9 heteroatoms. The number of carbonyl (C=O) groups is 2. The van der Waals surface area contributed by atoms with Crippen LogP contribution in [0.15, 0.2) is 48.8 Å². The van der Waals surface area contributed by atoms with Crippen molar-refractivity contribution in [1.82, 2.24) is 29.9 Å². The second-order valence-corrected chi connectivity index (χ2v) is 12.8. The van der Waals surface area contributed by atoms with Gasteiger partial charge in [0.1, 0.15) is 12.2 Å². The molecule has 3 heterocycles. The van der Waals surface area contributed by atoms with Gasteiger partial charge in [-0.3, -0.25) is 14.5 Å². The van der Waals surface area contributed by atoms with Gasteiger partial charge in [-0.15, -0.1) is 0 Å². The molecule has 2 amide bonds. The van der Waals surface area contributed by atoms with Crippen molar-refractivity contribution >= 4 is 23.4 Å². The van der Waals surface area contributed by atoms with Crippen molar-refractivity contribution in [2.75, 3.05) is 19.6 Å². The summed E-state index contributed by atoms with van der Waals surface area (Å²) >= 11 is 6.25. The van der Waals surface area contributed by atoms with Gasteiger partial charge in [0.15, 0.2) is 0 Å². The van der Waals surface area contributed by atoms with Crippen LogP contribution in [0.5, 0.6) is 0 Å². The Bertz CT molecular complexity index is 1450. The number of piperidine rings is 1.